The Morgan fingerprint density at radius 2 is 2.17 bits per heavy atom. The first kappa shape index (κ1) is 18.6. The molecule has 0 aromatic heterocycles. The summed E-state index contributed by atoms with van der Waals surface area (Å²) in [5, 5.41) is 6.13. The van der Waals surface area contributed by atoms with Gasteiger partial charge in [0.2, 0.25) is 11.8 Å². The molecule has 1 aromatic rings. The van der Waals surface area contributed by atoms with Crippen LogP contribution in [0.3, 0.4) is 0 Å². The van der Waals surface area contributed by atoms with Crippen molar-refractivity contribution >= 4 is 29.9 Å². The molecular formula is C16H20ClF2N3O2. The van der Waals surface area contributed by atoms with Gasteiger partial charge in [0, 0.05) is 31.6 Å². The van der Waals surface area contributed by atoms with Crippen molar-refractivity contribution in [1.29, 1.82) is 0 Å². The zero-order chi connectivity index (χ0) is 16.4. The van der Waals surface area contributed by atoms with Gasteiger partial charge in [-0.25, -0.2) is 8.78 Å². The molecule has 0 aliphatic carbocycles. The topological polar surface area (TPSA) is 61.4 Å². The predicted octanol–water partition coefficient (Wildman–Crippen LogP) is 1.61. The molecule has 3 rings (SSSR count). The fourth-order valence-corrected chi connectivity index (χ4v) is 3.12. The van der Waals surface area contributed by atoms with Gasteiger partial charge in [-0.15, -0.1) is 12.4 Å². The highest BCUT2D eigenvalue weighted by Gasteiger charge is 2.36. The van der Waals surface area contributed by atoms with Crippen LogP contribution in [0.2, 0.25) is 0 Å². The molecule has 2 fully saturated rings. The maximum absolute atomic E-state index is 13.8. The van der Waals surface area contributed by atoms with Crippen LogP contribution < -0.4 is 15.5 Å². The van der Waals surface area contributed by atoms with E-state index in [2.05, 4.69) is 10.6 Å². The van der Waals surface area contributed by atoms with Crippen molar-refractivity contribution in [2.24, 2.45) is 5.92 Å². The Bertz CT molecular complexity index is 623. The maximum atomic E-state index is 13.8. The molecule has 0 saturated carbocycles. The number of carbonyl (C=O) groups is 2. The first-order valence-electron chi connectivity index (χ1n) is 7.81. The SMILES string of the molecule is Cl.O=C(NCC1CCCN1)C1CC(=O)N(c2ccc(F)cc2F)C1. The third-order valence-electron chi connectivity index (χ3n) is 4.38. The molecular weight excluding hydrogens is 340 g/mol. The van der Waals surface area contributed by atoms with Crippen molar-refractivity contribution < 1.29 is 18.4 Å². The molecule has 2 amide bonds. The van der Waals surface area contributed by atoms with Gasteiger partial charge >= 0.3 is 0 Å². The van der Waals surface area contributed by atoms with Gasteiger partial charge in [-0.05, 0) is 31.5 Å². The van der Waals surface area contributed by atoms with Crippen LogP contribution in [0.15, 0.2) is 18.2 Å². The van der Waals surface area contributed by atoms with Crippen molar-refractivity contribution in [3.05, 3.63) is 29.8 Å². The highest BCUT2D eigenvalue weighted by molar-refractivity contribution is 6.00. The highest BCUT2D eigenvalue weighted by atomic mass is 35.5. The van der Waals surface area contributed by atoms with Gasteiger partial charge in [0.25, 0.3) is 0 Å². The van der Waals surface area contributed by atoms with Gasteiger partial charge in [0.15, 0.2) is 0 Å². The lowest BCUT2D eigenvalue weighted by molar-refractivity contribution is -0.126. The molecule has 2 aliphatic rings. The smallest absolute Gasteiger partial charge is 0.227 e. The number of nitrogens with zero attached hydrogens (tertiary/aromatic N) is 1. The minimum atomic E-state index is -0.797. The second-order valence-electron chi connectivity index (χ2n) is 6.04. The predicted molar refractivity (Wildman–Crippen MR) is 88.1 cm³/mol. The van der Waals surface area contributed by atoms with Crippen LogP contribution in [0, 0.1) is 17.6 Å². The van der Waals surface area contributed by atoms with E-state index < -0.39 is 17.6 Å². The number of benzene rings is 1. The van der Waals surface area contributed by atoms with Crippen molar-refractivity contribution in [2.45, 2.75) is 25.3 Å². The summed E-state index contributed by atoms with van der Waals surface area (Å²) in [7, 11) is 0. The quantitative estimate of drug-likeness (QED) is 0.858. The highest BCUT2D eigenvalue weighted by Crippen LogP contribution is 2.28. The molecule has 24 heavy (non-hydrogen) atoms. The van der Waals surface area contributed by atoms with Gasteiger partial charge in [-0.1, -0.05) is 0 Å². The van der Waals surface area contributed by atoms with E-state index in [1.165, 1.54) is 11.0 Å². The number of amides is 2. The van der Waals surface area contributed by atoms with Crippen molar-refractivity contribution in [1.82, 2.24) is 10.6 Å². The molecule has 2 heterocycles. The summed E-state index contributed by atoms with van der Waals surface area (Å²) in [5.74, 6) is -2.52. The molecule has 5 nitrogen and oxygen atoms in total. The minimum Gasteiger partial charge on any atom is -0.354 e. The largest absolute Gasteiger partial charge is 0.354 e. The molecule has 0 spiro atoms. The van der Waals surface area contributed by atoms with E-state index in [9.17, 15) is 18.4 Å². The van der Waals surface area contributed by atoms with Crippen molar-refractivity contribution in [3.63, 3.8) is 0 Å². The Morgan fingerprint density at radius 1 is 1.38 bits per heavy atom. The molecule has 2 unspecified atom stereocenters. The van der Waals surface area contributed by atoms with Crippen LogP contribution in [-0.2, 0) is 9.59 Å². The number of hydrogen-bond donors (Lipinski definition) is 2. The van der Waals surface area contributed by atoms with Gasteiger partial charge < -0.3 is 15.5 Å². The lowest BCUT2D eigenvalue weighted by Gasteiger charge is -2.18. The number of nitrogens with one attached hydrogen (secondary N) is 2. The van der Waals surface area contributed by atoms with E-state index >= 15 is 0 Å². The zero-order valence-corrected chi connectivity index (χ0v) is 13.9. The summed E-state index contributed by atoms with van der Waals surface area (Å²) in [5.41, 5.74) is 0.0177. The Kier molecular flexibility index (Phi) is 6.12. The van der Waals surface area contributed by atoms with Crippen LogP contribution in [0.1, 0.15) is 19.3 Å². The number of halogens is 3. The van der Waals surface area contributed by atoms with E-state index in [4.69, 9.17) is 0 Å². The Labute approximate surface area is 145 Å². The number of hydrogen-bond acceptors (Lipinski definition) is 3. The molecule has 0 radical (unpaired) electrons. The second-order valence-corrected chi connectivity index (χ2v) is 6.04. The molecule has 0 bridgehead atoms. The summed E-state index contributed by atoms with van der Waals surface area (Å²) in [4.78, 5) is 25.5. The number of rotatable bonds is 4. The first-order valence-corrected chi connectivity index (χ1v) is 7.81. The lowest BCUT2D eigenvalue weighted by atomic mass is 10.1. The van der Waals surface area contributed by atoms with Gasteiger partial charge in [-0.3, -0.25) is 9.59 Å². The molecule has 2 aliphatic heterocycles. The third-order valence-corrected chi connectivity index (χ3v) is 4.38. The van der Waals surface area contributed by atoms with Crippen LogP contribution in [0.4, 0.5) is 14.5 Å². The summed E-state index contributed by atoms with van der Waals surface area (Å²) in [6, 6.07) is 3.35. The molecule has 1 aromatic carbocycles. The van der Waals surface area contributed by atoms with Crippen LogP contribution in [-0.4, -0.2) is 37.5 Å². The van der Waals surface area contributed by atoms with E-state index in [1.807, 2.05) is 0 Å². The molecule has 132 valence electrons. The zero-order valence-electron chi connectivity index (χ0n) is 13.1. The van der Waals surface area contributed by atoms with E-state index in [0.29, 0.717) is 6.54 Å². The minimum absolute atomic E-state index is 0. The molecule has 2 saturated heterocycles. The Balaban J connectivity index is 0.00000208. The van der Waals surface area contributed by atoms with Crippen LogP contribution in [0.25, 0.3) is 0 Å². The van der Waals surface area contributed by atoms with Crippen molar-refractivity contribution in [3.8, 4) is 0 Å². The summed E-state index contributed by atoms with van der Waals surface area (Å²) in [6.07, 6.45) is 2.16. The maximum Gasteiger partial charge on any atom is 0.227 e. The molecule has 2 atom stereocenters. The average molecular weight is 360 g/mol. The van der Waals surface area contributed by atoms with Gasteiger partial charge in [-0.2, -0.15) is 0 Å². The standard InChI is InChI=1S/C16H19F2N3O2.ClH/c17-11-3-4-14(13(18)7-11)21-9-10(6-15(21)22)16(23)20-8-12-2-1-5-19-12;/h3-4,7,10,12,19H,1-2,5-6,8-9H2,(H,20,23);1H. The van der Waals surface area contributed by atoms with Crippen LogP contribution in [0.5, 0.6) is 0 Å². The fourth-order valence-electron chi connectivity index (χ4n) is 3.12. The molecule has 8 heteroatoms. The summed E-state index contributed by atoms with van der Waals surface area (Å²) in [6.45, 7) is 1.61. The van der Waals surface area contributed by atoms with E-state index in [0.717, 1.165) is 31.5 Å². The van der Waals surface area contributed by atoms with Crippen LogP contribution >= 0.6 is 12.4 Å². The van der Waals surface area contributed by atoms with Gasteiger partial charge in [0.1, 0.15) is 11.6 Å². The Hall–Kier alpha value is -1.73. The summed E-state index contributed by atoms with van der Waals surface area (Å²) < 4.78 is 26.8. The molecule has 2 N–H and O–H groups in total. The summed E-state index contributed by atoms with van der Waals surface area (Å²) >= 11 is 0. The second kappa shape index (κ2) is 7.90. The van der Waals surface area contributed by atoms with Gasteiger partial charge in [0.05, 0.1) is 11.6 Å². The van der Waals surface area contributed by atoms with E-state index in [1.54, 1.807) is 0 Å². The first-order chi connectivity index (χ1) is 11.0. The van der Waals surface area contributed by atoms with Crippen molar-refractivity contribution in [2.75, 3.05) is 24.5 Å². The Morgan fingerprint density at radius 3 is 2.83 bits per heavy atom. The average Bonchev–Trinajstić information content (AvgIpc) is 3.15. The van der Waals surface area contributed by atoms with E-state index in [-0.39, 0.29) is 48.9 Å². The third kappa shape index (κ3) is 4.02. The normalized spacial score (nSPS) is 23.2. The fraction of sp³-hybridized carbons (Fsp3) is 0.500. The lowest BCUT2D eigenvalue weighted by Crippen LogP contribution is -2.40. The number of carbonyl (C=O) groups excluding carboxylic acids is 2. The number of anilines is 1. The monoisotopic (exact) mass is 359 g/mol.